The summed E-state index contributed by atoms with van der Waals surface area (Å²) >= 11 is 6.47. The van der Waals surface area contributed by atoms with Crippen LogP contribution in [0.5, 0.6) is 11.5 Å². The molecule has 0 bridgehead atoms. The van der Waals surface area contributed by atoms with Crippen LogP contribution in [0.4, 0.5) is 11.5 Å². The molecule has 2 aromatic heterocycles. The monoisotopic (exact) mass is 521 g/mol. The molecule has 4 aromatic rings. The molecule has 1 unspecified atom stereocenters. The fourth-order valence-corrected chi connectivity index (χ4v) is 4.11. The number of ether oxygens (including phenoxy) is 2. The minimum atomic E-state index is -1.62. The molecule has 0 aliphatic rings. The Kier molecular flexibility index (Phi) is 8.37. The van der Waals surface area contributed by atoms with E-state index in [1.807, 2.05) is 43.3 Å². The maximum atomic E-state index is 11.8. The fraction of sp³-hybridized carbons (Fsp3) is 0.259. The molecule has 0 aliphatic heterocycles. The number of hydrogen-bond acceptors (Lipinski definition) is 8. The molecule has 10 heteroatoms. The van der Waals surface area contributed by atoms with E-state index in [2.05, 4.69) is 20.3 Å². The highest BCUT2D eigenvalue weighted by molar-refractivity contribution is 6.32. The lowest BCUT2D eigenvalue weighted by Gasteiger charge is -2.24. The van der Waals surface area contributed by atoms with Gasteiger partial charge in [0, 0.05) is 18.3 Å². The Labute approximate surface area is 219 Å². The number of fused-ring (bicyclic) bond motifs is 1. The van der Waals surface area contributed by atoms with Gasteiger partial charge in [-0.05, 0) is 48.9 Å². The first-order valence-corrected chi connectivity index (χ1v) is 12.3. The molecular formula is C27H28ClN5O4. The number of primary amides is 1. The number of aromatic nitrogens is 3. The molecule has 0 aliphatic carbocycles. The first-order chi connectivity index (χ1) is 17.9. The summed E-state index contributed by atoms with van der Waals surface area (Å²) in [6.07, 6.45) is 4.11. The molecule has 4 N–H and O–H groups in total. The third-order valence-electron chi connectivity index (χ3n) is 5.82. The molecule has 1 amide bonds. The van der Waals surface area contributed by atoms with Gasteiger partial charge in [0.25, 0.3) is 0 Å². The number of nitrogens with zero attached hydrogens (tertiary/aromatic N) is 3. The zero-order valence-corrected chi connectivity index (χ0v) is 21.1. The van der Waals surface area contributed by atoms with Gasteiger partial charge in [0.1, 0.15) is 35.9 Å². The van der Waals surface area contributed by atoms with E-state index in [4.69, 9.17) is 26.8 Å². The van der Waals surface area contributed by atoms with Crippen molar-refractivity contribution in [3.63, 3.8) is 0 Å². The number of hydrogen-bond donors (Lipinski definition) is 3. The highest BCUT2D eigenvalue weighted by Gasteiger charge is 2.32. The Bertz CT molecular complexity index is 1370. The normalized spacial score (nSPS) is 12.6. The number of carbonyl (C=O) groups excluding carboxylic acids is 1. The standard InChI is InChI=1S/C27H28ClN5O4/c1-2-11-27(35,26(29)34)12-14-36-23-8-5-7-21-24(23)25(32-17-31-21)33-18-9-10-22(20(28)15-18)37-16-19-6-3-4-13-30-19/h3-10,13,15,17,35H,2,11-12,14,16H2,1H3,(H2,29,34)(H,31,32,33). The molecular weight excluding hydrogens is 494 g/mol. The van der Waals surface area contributed by atoms with Gasteiger partial charge < -0.3 is 25.6 Å². The van der Waals surface area contributed by atoms with Crippen LogP contribution in [-0.2, 0) is 11.4 Å². The second kappa shape index (κ2) is 11.9. The summed E-state index contributed by atoms with van der Waals surface area (Å²) in [5.74, 6) is 0.789. The van der Waals surface area contributed by atoms with Gasteiger partial charge in [-0.1, -0.05) is 37.1 Å². The van der Waals surface area contributed by atoms with Crippen LogP contribution in [0.15, 0.2) is 67.1 Å². The van der Waals surface area contributed by atoms with Gasteiger partial charge in [-0.2, -0.15) is 0 Å². The summed E-state index contributed by atoms with van der Waals surface area (Å²) in [4.78, 5) is 24.7. The van der Waals surface area contributed by atoms with E-state index in [1.54, 1.807) is 24.4 Å². The van der Waals surface area contributed by atoms with Crippen LogP contribution in [0.25, 0.3) is 10.9 Å². The molecule has 0 fully saturated rings. The van der Waals surface area contributed by atoms with Crippen LogP contribution in [0.3, 0.4) is 0 Å². The maximum Gasteiger partial charge on any atom is 0.249 e. The Morgan fingerprint density at radius 1 is 1.05 bits per heavy atom. The Hall–Kier alpha value is -3.95. The van der Waals surface area contributed by atoms with Gasteiger partial charge in [0.15, 0.2) is 0 Å². The lowest BCUT2D eigenvalue weighted by molar-refractivity contribution is -0.138. The van der Waals surface area contributed by atoms with Crippen molar-refractivity contribution in [2.45, 2.75) is 38.4 Å². The average molecular weight is 522 g/mol. The fourth-order valence-electron chi connectivity index (χ4n) is 3.88. The average Bonchev–Trinajstić information content (AvgIpc) is 2.89. The Morgan fingerprint density at radius 2 is 1.92 bits per heavy atom. The molecule has 1 atom stereocenters. The first kappa shape index (κ1) is 26.1. The van der Waals surface area contributed by atoms with Crippen molar-refractivity contribution in [1.29, 1.82) is 0 Å². The largest absolute Gasteiger partial charge is 0.493 e. The summed E-state index contributed by atoms with van der Waals surface area (Å²) in [6, 6.07) is 16.4. The summed E-state index contributed by atoms with van der Waals surface area (Å²) in [7, 11) is 0. The second-order valence-corrected chi connectivity index (χ2v) is 8.90. The zero-order chi connectivity index (χ0) is 26.3. The van der Waals surface area contributed by atoms with Crippen molar-refractivity contribution in [3.8, 4) is 11.5 Å². The predicted octanol–water partition coefficient (Wildman–Crippen LogP) is 4.79. The number of anilines is 2. The van der Waals surface area contributed by atoms with E-state index in [0.29, 0.717) is 52.0 Å². The summed E-state index contributed by atoms with van der Waals surface area (Å²) in [6.45, 7) is 2.26. The molecule has 0 saturated heterocycles. The lowest BCUT2D eigenvalue weighted by atomic mass is 9.94. The zero-order valence-electron chi connectivity index (χ0n) is 20.4. The first-order valence-electron chi connectivity index (χ1n) is 11.9. The highest BCUT2D eigenvalue weighted by atomic mass is 35.5. The van der Waals surface area contributed by atoms with Gasteiger partial charge in [-0.3, -0.25) is 9.78 Å². The van der Waals surface area contributed by atoms with Crippen molar-refractivity contribution in [2.75, 3.05) is 11.9 Å². The van der Waals surface area contributed by atoms with E-state index in [1.165, 1.54) is 6.33 Å². The van der Waals surface area contributed by atoms with E-state index in [0.717, 1.165) is 5.69 Å². The summed E-state index contributed by atoms with van der Waals surface area (Å²) in [5, 5.41) is 14.9. The molecule has 37 heavy (non-hydrogen) atoms. The van der Waals surface area contributed by atoms with Gasteiger partial charge in [0.2, 0.25) is 5.91 Å². The number of aliphatic hydroxyl groups is 1. The topological polar surface area (TPSA) is 132 Å². The van der Waals surface area contributed by atoms with Gasteiger partial charge in [-0.15, -0.1) is 0 Å². The van der Waals surface area contributed by atoms with Crippen LogP contribution in [0.2, 0.25) is 5.02 Å². The Morgan fingerprint density at radius 3 is 2.65 bits per heavy atom. The molecule has 4 rings (SSSR count). The van der Waals surface area contributed by atoms with Crippen molar-refractivity contribution in [3.05, 3.63) is 77.8 Å². The molecule has 0 saturated carbocycles. The predicted molar refractivity (Wildman–Crippen MR) is 142 cm³/mol. The Balaban J connectivity index is 1.51. The quantitative estimate of drug-likeness (QED) is 0.242. The van der Waals surface area contributed by atoms with E-state index in [9.17, 15) is 9.90 Å². The number of rotatable bonds is 12. The minimum Gasteiger partial charge on any atom is -0.493 e. The number of nitrogens with one attached hydrogen (secondary N) is 1. The van der Waals surface area contributed by atoms with E-state index in [-0.39, 0.29) is 19.4 Å². The number of amides is 1. The van der Waals surface area contributed by atoms with Gasteiger partial charge in [0.05, 0.1) is 28.2 Å². The highest BCUT2D eigenvalue weighted by Crippen LogP contribution is 2.34. The van der Waals surface area contributed by atoms with Crippen molar-refractivity contribution in [2.24, 2.45) is 5.73 Å². The van der Waals surface area contributed by atoms with E-state index < -0.39 is 11.5 Å². The van der Waals surface area contributed by atoms with Crippen molar-refractivity contribution < 1.29 is 19.4 Å². The number of carbonyl (C=O) groups is 1. The maximum absolute atomic E-state index is 11.8. The third kappa shape index (κ3) is 6.44. The number of benzene rings is 2. The second-order valence-electron chi connectivity index (χ2n) is 8.50. The van der Waals surface area contributed by atoms with Crippen molar-refractivity contribution in [1.82, 2.24) is 15.0 Å². The third-order valence-corrected chi connectivity index (χ3v) is 6.11. The van der Waals surface area contributed by atoms with Crippen LogP contribution >= 0.6 is 11.6 Å². The molecule has 2 aromatic carbocycles. The van der Waals surface area contributed by atoms with Crippen LogP contribution in [-0.4, -0.2) is 38.2 Å². The van der Waals surface area contributed by atoms with Gasteiger partial charge >= 0.3 is 0 Å². The van der Waals surface area contributed by atoms with Crippen molar-refractivity contribution >= 4 is 39.9 Å². The summed E-state index contributed by atoms with van der Waals surface area (Å²) in [5.41, 5.74) is 5.94. The van der Waals surface area contributed by atoms with Gasteiger partial charge in [-0.25, -0.2) is 9.97 Å². The minimum absolute atomic E-state index is 0.0680. The smallest absolute Gasteiger partial charge is 0.249 e. The van der Waals surface area contributed by atoms with E-state index >= 15 is 0 Å². The molecule has 2 heterocycles. The van der Waals surface area contributed by atoms with Crippen LogP contribution in [0, 0.1) is 0 Å². The van der Waals surface area contributed by atoms with Crippen LogP contribution in [0.1, 0.15) is 31.9 Å². The molecule has 9 nitrogen and oxygen atoms in total. The number of pyridine rings is 1. The molecule has 0 radical (unpaired) electrons. The SMILES string of the molecule is CCCC(O)(CCOc1cccc2ncnc(Nc3ccc(OCc4ccccn4)c(Cl)c3)c12)C(N)=O. The molecule has 192 valence electrons. The number of nitrogens with two attached hydrogens (primary N) is 1. The number of halogens is 1. The molecule has 0 spiro atoms. The summed E-state index contributed by atoms with van der Waals surface area (Å²) < 4.78 is 11.8. The lowest BCUT2D eigenvalue weighted by Crippen LogP contribution is -2.44. The van der Waals surface area contributed by atoms with Crippen LogP contribution < -0.4 is 20.5 Å².